The molecular formula is C11H12BrNO2. The van der Waals surface area contributed by atoms with Gasteiger partial charge in [0, 0.05) is 0 Å². The van der Waals surface area contributed by atoms with Crippen molar-refractivity contribution in [2.24, 2.45) is 0 Å². The molecular weight excluding hydrogens is 258 g/mol. The summed E-state index contributed by atoms with van der Waals surface area (Å²) in [6.07, 6.45) is 0.774. The number of ether oxygens (including phenoxy) is 1. The molecule has 0 aromatic heterocycles. The predicted molar refractivity (Wildman–Crippen MR) is 62.5 cm³/mol. The smallest absolute Gasteiger partial charge is 0.240 e. The number of fused-ring (bicyclic) bond motifs is 1. The van der Waals surface area contributed by atoms with Crippen molar-refractivity contribution in [3.05, 3.63) is 24.3 Å². The van der Waals surface area contributed by atoms with Gasteiger partial charge in [-0.15, -0.1) is 0 Å². The minimum absolute atomic E-state index is 0.497. The highest BCUT2D eigenvalue weighted by Crippen LogP contribution is 2.43. The molecule has 1 heterocycles. The van der Waals surface area contributed by atoms with Crippen molar-refractivity contribution in [1.29, 1.82) is 0 Å². The molecule has 1 aliphatic rings. The summed E-state index contributed by atoms with van der Waals surface area (Å²) in [5, 5.41) is 3.27. The highest BCUT2D eigenvalue weighted by Gasteiger charge is 2.49. The molecule has 0 saturated carbocycles. The van der Waals surface area contributed by atoms with Crippen molar-refractivity contribution in [3.8, 4) is 5.75 Å². The van der Waals surface area contributed by atoms with E-state index in [1.54, 1.807) is 0 Å². The van der Waals surface area contributed by atoms with Gasteiger partial charge in [-0.05, 0) is 41.9 Å². The van der Waals surface area contributed by atoms with E-state index in [9.17, 15) is 4.79 Å². The van der Waals surface area contributed by atoms with Crippen LogP contribution in [-0.4, -0.2) is 16.3 Å². The van der Waals surface area contributed by atoms with Gasteiger partial charge in [-0.1, -0.05) is 12.1 Å². The van der Waals surface area contributed by atoms with Crippen LogP contribution < -0.4 is 10.1 Å². The van der Waals surface area contributed by atoms with Gasteiger partial charge >= 0.3 is 0 Å². The van der Waals surface area contributed by atoms with Crippen molar-refractivity contribution in [2.75, 3.05) is 5.32 Å². The van der Waals surface area contributed by atoms with E-state index in [0.717, 1.165) is 12.0 Å². The second-order valence-electron chi connectivity index (χ2n) is 4.11. The summed E-state index contributed by atoms with van der Waals surface area (Å²) in [6.45, 7) is 3.82. The Balaban J connectivity index is 2.49. The molecule has 2 rings (SSSR count). The average molecular weight is 270 g/mol. The molecule has 0 saturated heterocycles. The fourth-order valence-electron chi connectivity index (χ4n) is 1.54. The third-order valence-corrected chi connectivity index (χ3v) is 3.94. The third kappa shape index (κ3) is 1.53. The first kappa shape index (κ1) is 10.5. The van der Waals surface area contributed by atoms with Crippen LogP contribution in [0.5, 0.6) is 5.75 Å². The maximum absolute atomic E-state index is 11.1. The van der Waals surface area contributed by atoms with Gasteiger partial charge in [-0.3, -0.25) is 4.79 Å². The third-order valence-electron chi connectivity index (χ3n) is 2.60. The van der Waals surface area contributed by atoms with Crippen molar-refractivity contribution >= 4 is 27.9 Å². The van der Waals surface area contributed by atoms with Crippen molar-refractivity contribution in [1.82, 2.24) is 0 Å². The number of hydrogen-bond donors (Lipinski definition) is 1. The average Bonchev–Trinajstić information content (AvgIpc) is 2.19. The molecule has 4 heteroatoms. The highest BCUT2D eigenvalue weighted by molar-refractivity contribution is 9.10. The van der Waals surface area contributed by atoms with Crippen LogP contribution in [-0.2, 0) is 4.79 Å². The van der Waals surface area contributed by atoms with E-state index in [-0.39, 0.29) is 0 Å². The number of para-hydroxylation sites is 2. The van der Waals surface area contributed by atoms with Crippen LogP contribution >= 0.6 is 15.9 Å². The lowest BCUT2D eigenvalue weighted by Gasteiger charge is -2.44. The topological polar surface area (TPSA) is 38.3 Å². The van der Waals surface area contributed by atoms with Crippen LogP contribution in [0, 0.1) is 0 Å². The van der Waals surface area contributed by atoms with Crippen LogP contribution in [0.15, 0.2) is 24.3 Å². The number of nitrogens with one attached hydrogen (secondary N) is 1. The van der Waals surface area contributed by atoms with E-state index >= 15 is 0 Å². The van der Waals surface area contributed by atoms with Crippen LogP contribution in [0.3, 0.4) is 0 Å². The molecule has 1 aromatic carbocycles. The zero-order valence-corrected chi connectivity index (χ0v) is 10.2. The number of carbonyl (C=O) groups excluding carboxylic acids is 1. The van der Waals surface area contributed by atoms with E-state index in [0.29, 0.717) is 5.75 Å². The molecule has 0 radical (unpaired) electrons. The predicted octanol–water partition coefficient (Wildman–Crippen LogP) is 2.56. The molecule has 3 nitrogen and oxygen atoms in total. The second kappa shape index (κ2) is 3.23. The molecule has 0 spiro atoms. The van der Waals surface area contributed by atoms with E-state index in [2.05, 4.69) is 21.2 Å². The summed E-state index contributed by atoms with van der Waals surface area (Å²) in [5.41, 5.74) is 0.405. The number of anilines is 1. The molecule has 0 fully saturated rings. The number of carbonyl (C=O) groups is 1. The first-order valence-electron chi connectivity index (χ1n) is 4.70. The maximum Gasteiger partial charge on any atom is 0.240 e. The number of rotatable bonds is 1. The lowest BCUT2D eigenvalue weighted by molar-refractivity contribution is -0.117. The minimum atomic E-state index is -1.02. The van der Waals surface area contributed by atoms with Gasteiger partial charge in [-0.2, -0.15) is 0 Å². The van der Waals surface area contributed by atoms with Crippen LogP contribution in [0.4, 0.5) is 5.69 Å². The van der Waals surface area contributed by atoms with Gasteiger partial charge in [0.25, 0.3) is 0 Å². The summed E-state index contributed by atoms with van der Waals surface area (Å²) >= 11 is 3.33. The first-order chi connectivity index (χ1) is 6.98. The van der Waals surface area contributed by atoms with Crippen LogP contribution in [0.2, 0.25) is 0 Å². The molecule has 0 aliphatic carbocycles. The molecule has 0 amide bonds. The van der Waals surface area contributed by atoms with Gasteiger partial charge in [-0.25, -0.2) is 0 Å². The fraction of sp³-hybridized carbons (Fsp3) is 0.364. The van der Waals surface area contributed by atoms with E-state index in [1.807, 2.05) is 38.1 Å². The number of aldehydes is 1. The number of benzene rings is 1. The lowest BCUT2D eigenvalue weighted by Crippen LogP contribution is -2.58. The van der Waals surface area contributed by atoms with Gasteiger partial charge in [0.2, 0.25) is 4.51 Å². The Morgan fingerprint density at radius 3 is 2.73 bits per heavy atom. The molecule has 1 atom stereocenters. The summed E-state index contributed by atoms with van der Waals surface area (Å²) in [7, 11) is 0. The van der Waals surface area contributed by atoms with E-state index in [1.165, 1.54) is 0 Å². The summed E-state index contributed by atoms with van der Waals surface area (Å²) < 4.78 is 4.65. The van der Waals surface area contributed by atoms with E-state index < -0.39 is 10.0 Å². The Kier molecular flexibility index (Phi) is 2.26. The maximum atomic E-state index is 11.1. The van der Waals surface area contributed by atoms with Gasteiger partial charge < -0.3 is 10.1 Å². The Morgan fingerprint density at radius 2 is 2.07 bits per heavy atom. The summed E-state index contributed by atoms with van der Waals surface area (Å²) in [4.78, 5) is 11.1. The largest absolute Gasteiger partial charge is 0.464 e. The summed E-state index contributed by atoms with van der Waals surface area (Å²) in [6, 6.07) is 7.55. The fourth-order valence-corrected chi connectivity index (χ4v) is 1.81. The Morgan fingerprint density at radius 1 is 1.40 bits per heavy atom. The zero-order valence-electron chi connectivity index (χ0n) is 8.58. The molecule has 1 unspecified atom stereocenters. The quantitative estimate of drug-likeness (QED) is 0.629. The highest BCUT2D eigenvalue weighted by atomic mass is 79.9. The van der Waals surface area contributed by atoms with Gasteiger partial charge in [0.05, 0.1) is 11.2 Å². The van der Waals surface area contributed by atoms with Crippen molar-refractivity contribution in [3.63, 3.8) is 0 Å². The molecule has 80 valence electrons. The summed E-state index contributed by atoms with van der Waals surface area (Å²) in [5.74, 6) is 0.681. The Labute approximate surface area is 96.9 Å². The lowest BCUT2D eigenvalue weighted by atomic mass is 9.95. The molecule has 1 aromatic rings. The van der Waals surface area contributed by atoms with Crippen molar-refractivity contribution < 1.29 is 9.53 Å². The Hall–Kier alpha value is -1.03. The second-order valence-corrected chi connectivity index (χ2v) is 5.29. The number of halogens is 1. The normalized spacial score (nSPS) is 27.1. The molecule has 0 bridgehead atoms. The van der Waals surface area contributed by atoms with Crippen LogP contribution in [0.1, 0.15) is 13.8 Å². The minimum Gasteiger partial charge on any atom is -0.464 e. The first-order valence-corrected chi connectivity index (χ1v) is 5.49. The van der Waals surface area contributed by atoms with Gasteiger partial charge in [0.15, 0.2) is 6.29 Å². The van der Waals surface area contributed by atoms with E-state index in [4.69, 9.17) is 4.74 Å². The van der Waals surface area contributed by atoms with Crippen LogP contribution in [0.25, 0.3) is 0 Å². The zero-order chi connectivity index (χ0) is 11.1. The Bertz CT molecular complexity index is 405. The molecule has 15 heavy (non-hydrogen) atoms. The number of alkyl halides is 1. The molecule has 1 aliphatic heterocycles. The monoisotopic (exact) mass is 269 g/mol. The SMILES string of the molecule is CC1(C)Nc2ccccc2OC1(Br)C=O. The number of hydrogen-bond acceptors (Lipinski definition) is 3. The van der Waals surface area contributed by atoms with Gasteiger partial charge in [0.1, 0.15) is 5.75 Å². The van der Waals surface area contributed by atoms with Crippen molar-refractivity contribution in [2.45, 2.75) is 23.9 Å². The molecule has 1 N–H and O–H groups in total. The standard InChI is InChI=1S/C11H12BrNO2/c1-10(2)11(12,7-14)15-9-6-4-3-5-8(9)13-10/h3-7,13H,1-2H3.